The molecule has 0 radical (unpaired) electrons. The number of ether oxygens (including phenoxy) is 1. The Balaban J connectivity index is 1.36. The zero-order valence-corrected chi connectivity index (χ0v) is 21.1. The Hall–Kier alpha value is -4.21. The molecule has 0 spiro atoms. The molecule has 37 heavy (non-hydrogen) atoms. The highest BCUT2D eigenvalue weighted by molar-refractivity contribution is 5.97. The smallest absolute Gasteiger partial charge is 0.251 e. The van der Waals surface area contributed by atoms with E-state index in [9.17, 15) is 9.59 Å². The van der Waals surface area contributed by atoms with Gasteiger partial charge in [-0.2, -0.15) is 4.98 Å². The first-order valence-electron chi connectivity index (χ1n) is 12.6. The Morgan fingerprint density at radius 1 is 1.16 bits per heavy atom. The van der Waals surface area contributed by atoms with Crippen LogP contribution in [0.4, 0.5) is 23.1 Å². The van der Waals surface area contributed by atoms with Crippen molar-refractivity contribution in [2.24, 2.45) is 0 Å². The van der Waals surface area contributed by atoms with Crippen LogP contribution in [0, 0.1) is 0 Å². The van der Waals surface area contributed by atoms with Crippen molar-refractivity contribution in [3.8, 4) is 5.75 Å². The topological polar surface area (TPSA) is 113 Å². The SMILES string of the molecule is COc1cc(C(=O)NCc2ccccn2)ccc1Nc1ncc2c(n1)N(C1CCCC1)CCC(=O)N2C. The van der Waals surface area contributed by atoms with E-state index in [1.165, 1.54) is 12.8 Å². The normalized spacial score (nSPS) is 15.8. The molecule has 1 saturated carbocycles. The molecule has 0 bridgehead atoms. The van der Waals surface area contributed by atoms with Crippen molar-refractivity contribution in [3.63, 3.8) is 0 Å². The van der Waals surface area contributed by atoms with Gasteiger partial charge in [0.25, 0.3) is 5.91 Å². The number of methoxy groups -OCH3 is 1. The number of rotatable bonds is 7. The molecule has 10 nitrogen and oxygen atoms in total. The van der Waals surface area contributed by atoms with Crippen LogP contribution in [0.25, 0.3) is 0 Å². The van der Waals surface area contributed by atoms with Crippen molar-refractivity contribution in [2.75, 3.05) is 35.8 Å². The van der Waals surface area contributed by atoms with Crippen LogP contribution in [0.1, 0.15) is 48.2 Å². The van der Waals surface area contributed by atoms with Gasteiger partial charge in [-0.25, -0.2) is 4.98 Å². The molecule has 2 aromatic heterocycles. The minimum atomic E-state index is -0.225. The third kappa shape index (κ3) is 5.32. The minimum Gasteiger partial charge on any atom is -0.495 e. The number of carbonyl (C=O) groups is 2. The number of benzene rings is 1. The number of carbonyl (C=O) groups excluding carboxylic acids is 2. The maximum Gasteiger partial charge on any atom is 0.251 e. The molecule has 2 aliphatic rings. The highest BCUT2D eigenvalue weighted by Gasteiger charge is 2.31. The van der Waals surface area contributed by atoms with Crippen LogP contribution in [0.15, 0.2) is 48.8 Å². The zero-order chi connectivity index (χ0) is 25.8. The molecule has 1 aliphatic carbocycles. The first-order valence-corrected chi connectivity index (χ1v) is 12.6. The summed E-state index contributed by atoms with van der Waals surface area (Å²) >= 11 is 0. The molecule has 1 fully saturated rings. The van der Waals surface area contributed by atoms with Crippen LogP contribution in [0.3, 0.4) is 0 Å². The summed E-state index contributed by atoms with van der Waals surface area (Å²) < 4.78 is 5.56. The lowest BCUT2D eigenvalue weighted by atomic mass is 10.1. The predicted octanol–water partition coefficient (Wildman–Crippen LogP) is 3.67. The van der Waals surface area contributed by atoms with Gasteiger partial charge in [0, 0.05) is 37.8 Å². The summed E-state index contributed by atoms with van der Waals surface area (Å²) in [5.41, 5.74) is 2.59. The van der Waals surface area contributed by atoms with Gasteiger partial charge in [0.05, 0.1) is 31.2 Å². The molecular formula is C27H31N7O3. The van der Waals surface area contributed by atoms with Gasteiger partial charge in [-0.05, 0) is 43.2 Å². The highest BCUT2D eigenvalue weighted by atomic mass is 16.5. The number of amides is 2. The van der Waals surface area contributed by atoms with Gasteiger partial charge in [-0.3, -0.25) is 14.6 Å². The summed E-state index contributed by atoms with van der Waals surface area (Å²) in [6.45, 7) is 0.975. The second-order valence-corrected chi connectivity index (χ2v) is 9.28. The fourth-order valence-electron chi connectivity index (χ4n) is 4.90. The predicted molar refractivity (Wildman–Crippen MR) is 141 cm³/mol. The lowest BCUT2D eigenvalue weighted by Gasteiger charge is -2.30. The van der Waals surface area contributed by atoms with Gasteiger partial charge in [0.15, 0.2) is 5.82 Å². The number of hydrogen-bond donors (Lipinski definition) is 2. The average Bonchev–Trinajstić information content (AvgIpc) is 3.43. The molecule has 3 aromatic rings. The molecule has 192 valence electrons. The third-order valence-corrected chi connectivity index (χ3v) is 6.96. The number of nitrogens with one attached hydrogen (secondary N) is 2. The number of aromatic nitrogens is 3. The molecule has 5 rings (SSSR count). The second-order valence-electron chi connectivity index (χ2n) is 9.28. The van der Waals surface area contributed by atoms with Crippen molar-refractivity contribution >= 4 is 35.0 Å². The van der Waals surface area contributed by atoms with E-state index in [4.69, 9.17) is 9.72 Å². The summed E-state index contributed by atoms with van der Waals surface area (Å²) in [5, 5.41) is 6.11. The Kier molecular flexibility index (Phi) is 7.16. The van der Waals surface area contributed by atoms with Crippen LogP contribution in [0.5, 0.6) is 5.75 Å². The van der Waals surface area contributed by atoms with E-state index in [0.717, 1.165) is 24.4 Å². The van der Waals surface area contributed by atoms with Crippen molar-refractivity contribution in [1.82, 2.24) is 20.3 Å². The van der Waals surface area contributed by atoms with Gasteiger partial charge in [0.1, 0.15) is 11.4 Å². The summed E-state index contributed by atoms with van der Waals surface area (Å²) in [6, 6.07) is 11.1. The quantitative estimate of drug-likeness (QED) is 0.504. The lowest BCUT2D eigenvalue weighted by Crippen LogP contribution is -2.34. The Labute approximate surface area is 216 Å². The Morgan fingerprint density at radius 3 is 2.76 bits per heavy atom. The Bertz CT molecular complexity index is 1280. The number of fused-ring (bicyclic) bond motifs is 1. The van der Waals surface area contributed by atoms with Gasteiger partial charge in [-0.1, -0.05) is 18.9 Å². The molecular weight excluding hydrogens is 470 g/mol. The van der Waals surface area contributed by atoms with Gasteiger partial charge < -0.3 is 25.2 Å². The van der Waals surface area contributed by atoms with Crippen molar-refractivity contribution in [2.45, 2.75) is 44.7 Å². The molecule has 3 heterocycles. The van der Waals surface area contributed by atoms with E-state index < -0.39 is 0 Å². The van der Waals surface area contributed by atoms with Crippen molar-refractivity contribution < 1.29 is 14.3 Å². The molecule has 1 aromatic carbocycles. The van der Waals surface area contributed by atoms with E-state index in [1.807, 2.05) is 18.2 Å². The largest absolute Gasteiger partial charge is 0.495 e. The molecule has 2 N–H and O–H groups in total. The van der Waals surface area contributed by atoms with Crippen LogP contribution < -0.4 is 25.2 Å². The van der Waals surface area contributed by atoms with E-state index in [2.05, 4.69) is 25.5 Å². The van der Waals surface area contributed by atoms with Gasteiger partial charge in [-0.15, -0.1) is 0 Å². The molecule has 2 amide bonds. The number of nitrogens with zero attached hydrogens (tertiary/aromatic N) is 5. The number of pyridine rings is 1. The number of hydrogen-bond acceptors (Lipinski definition) is 8. The minimum absolute atomic E-state index is 0.0598. The molecule has 10 heteroatoms. The van der Waals surface area contributed by atoms with Gasteiger partial charge in [0.2, 0.25) is 11.9 Å². The fraction of sp³-hybridized carbons (Fsp3) is 0.370. The first-order chi connectivity index (χ1) is 18.0. The molecule has 0 saturated heterocycles. The second kappa shape index (κ2) is 10.8. The van der Waals surface area contributed by atoms with Crippen LogP contribution >= 0.6 is 0 Å². The van der Waals surface area contributed by atoms with Gasteiger partial charge >= 0.3 is 0 Å². The summed E-state index contributed by atoms with van der Waals surface area (Å²) in [5.74, 6) is 1.49. The van der Waals surface area contributed by atoms with E-state index in [1.54, 1.807) is 49.7 Å². The van der Waals surface area contributed by atoms with Crippen LogP contribution in [-0.2, 0) is 11.3 Å². The van der Waals surface area contributed by atoms with Crippen LogP contribution in [-0.4, -0.2) is 53.5 Å². The third-order valence-electron chi connectivity index (χ3n) is 6.96. The van der Waals surface area contributed by atoms with Crippen molar-refractivity contribution in [1.29, 1.82) is 0 Å². The van der Waals surface area contributed by atoms with E-state index in [0.29, 0.717) is 54.2 Å². The monoisotopic (exact) mass is 501 g/mol. The average molecular weight is 502 g/mol. The molecule has 0 atom stereocenters. The number of anilines is 4. The van der Waals surface area contributed by atoms with E-state index >= 15 is 0 Å². The summed E-state index contributed by atoms with van der Waals surface area (Å²) in [6.07, 6.45) is 8.42. The molecule has 1 aliphatic heterocycles. The summed E-state index contributed by atoms with van der Waals surface area (Å²) in [4.78, 5) is 42.7. The van der Waals surface area contributed by atoms with Crippen molar-refractivity contribution in [3.05, 3.63) is 60.0 Å². The zero-order valence-electron chi connectivity index (χ0n) is 21.1. The fourth-order valence-corrected chi connectivity index (χ4v) is 4.90. The standard InChI is InChI=1S/C27H31N7O3/c1-33-22-17-30-27(32-25(22)34(14-12-24(33)35)20-8-3-4-9-20)31-21-11-10-18(15-23(21)37-2)26(36)29-16-19-7-5-6-13-28-19/h5-7,10-11,13,15,17,20H,3-4,8-9,12,14,16H2,1-2H3,(H,29,36)(H,30,31,32). The molecule has 0 unspecified atom stereocenters. The maximum atomic E-state index is 12.7. The van der Waals surface area contributed by atoms with Crippen LogP contribution in [0.2, 0.25) is 0 Å². The first kappa shape index (κ1) is 24.5. The lowest BCUT2D eigenvalue weighted by molar-refractivity contribution is -0.118. The maximum absolute atomic E-state index is 12.7. The summed E-state index contributed by atoms with van der Waals surface area (Å²) in [7, 11) is 3.33. The Morgan fingerprint density at radius 2 is 2.00 bits per heavy atom. The highest BCUT2D eigenvalue weighted by Crippen LogP contribution is 2.37. The van der Waals surface area contributed by atoms with E-state index in [-0.39, 0.29) is 11.8 Å².